The van der Waals surface area contributed by atoms with Gasteiger partial charge >= 0.3 is 0 Å². The maximum absolute atomic E-state index is 6.51. The molecule has 4 rings (SSSR count). The number of aliphatic imine (C=N–C) groups is 2. The Morgan fingerprint density at radius 3 is 2.67 bits per heavy atom. The van der Waals surface area contributed by atoms with Crippen LogP contribution in [0.1, 0.15) is 49.0 Å². The first-order valence-electron chi connectivity index (χ1n) is 11.7. The molecule has 1 aromatic carbocycles. The molecule has 3 heterocycles. The summed E-state index contributed by atoms with van der Waals surface area (Å²) in [6.07, 6.45) is 6.30. The molecular formula is C25H34ClN7. The third kappa shape index (κ3) is 5.31. The minimum absolute atomic E-state index is 0.180. The second-order valence-corrected chi connectivity index (χ2v) is 9.32. The number of halogens is 1. The van der Waals surface area contributed by atoms with Crippen LogP contribution in [-0.2, 0) is 0 Å². The normalized spacial score (nSPS) is 21.0. The summed E-state index contributed by atoms with van der Waals surface area (Å²) in [5.74, 6) is 2.29. The second-order valence-electron chi connectivity index (χ2n) is 8.92. The first kappa shape index (κ1) is 23.5. The molecular weight excluding hydrogens is 434 g/mol. The number of piperidine rings is 1. The van der Waals surface area contributed by atoms with Gasteiger partial charge < -0.3 is 15.1 Å². The minimum atomic E-state index is 0.180. The first-order chi connectivity index (χ1) is 16.0. The van der Waals surface area contributed by atoms with Gasteiger partial charge in [-0.1, -0.05) is 29.8 Å². The number of benzene rings is 1. The lowest BCUT2D eigenvalue weighted by molar-refractivity contribution is 0.211. The SMILES string of the molecule is C=N/C(=C\C(=N/C)Nc1cc(C)n(C2CCN(C)CC2)n1)N1CCCC1c1ccccc1Cl. The van der Waals surface area contributed by atoms with Gasteiger partial charge in [-0.2, -0.15) is 5.10 Å². The molecule has 2 aromatic rings. The molecule has 176 valence electrons. The van der Waals surface area contributed by atoms with E-state index in [0.29, 0.717) is 11.9 Å². The molecule has 2 fully saturated rings. The fourth-order valence-corrected chi connectivity index (χ4v) is 5.16. The molecule has 8 heteroatoms. The number of rotatable bonds is 6. The molecule has 1 atom stereocenters. The molecule has 0 spiro atoms. The van der Waals surface area contributed by atoms with Crippen LogP contribution in [0.25, 0.3) is 0 Å². The number of aryl methyl sites for hydroxylation is 1. The highest BCUT2D eigenvalue weighted by Crippen LogP contribution is 2.38. The summed E-state index contributed by atoms with van der Waals surface area (Å²) in [5.41, 5.74) is 2.29. The van der Waals surface area contributed by atoms with Crippen molar-refractivity contribution in [2.75, 3.05) is 39.0 Å². The minimum Gasteiger partial charge on any atom is -0.349 e. The summed E-state index contributed by atoms with van der Waals surface area (Å²) in [6, 6.07) is 10.7. The predicted octanol–water partition coefficient (Wildman–Crippen LogP) is 4.93. The van der Waals surface area contributed by atoms with Crippen LogP contribution < -0.4 is 5.32 Å². The van der Waals surface area contributed by atoms with Crippen molar-refractivity contribution in [3.8, 4) is 0 Å². The monoisotopic (exact) mass is 467 g/mol. The van der Waals surface area contributed by atoms with Crippen molar-refractivity contribution in [1.29, 1.82) is 0 Å². The van der Waals surface area contributed by atoms with Crippen molar-refractivity contribution in [2.45, 2.75) is 44.7 Å². The Labute approximate surface area is 201 Å². The van der Waals surface area contributed by atoms with Crippen LogP contribution in [0.3, 0.4) is 0 Å². The fraction of sp³-hybridized carbons (Fsp3) is 0.480. The largest absolute Gasteiger partial charge is 0.349 e. The molecule has 1 N–H and O–H groups in total. The highest BCUT2D eigenvalue weighted by Gasteiger charge is 2.29. The molecule has 0 radical (unpaired) electrons. The molecule has 0 aliphatic carbocycles. The summed E-state index contributed by atoms with van der Waals surface area (Å²) in [7, 11) is 3.95. The van der Waals surface area contributed by atoms with Crippen molar-refractivity contribution in [3.63, 3.8) is 0 Å². The smallest absolute Gasteiger partial charge is 0.153 e. The third-order valence-corrected chi connectivity index (χ3v) is 7.04. The zero-order chi connectivity index (χ0) is 23.4. The van der Waals surface area contributed by atoms with E-state index in [2.05, 4.69) is 62.6 Å². The average molecular weight is 468 g/mol. The van der Waals surface area contributed by atoms with Gasteiger partial charge in [0.05, 0.1) is 12.1 Å². The Bertz CT molecular complexity index is 1030. The summed E-state index contributed by atoms with van der Waals surface area (Å²) >= 11 is 6.51. The Kier molecular flexibility index (Phi) is 7.50. The molecule has 2 aliphatic rings. The maximum Gasteiger partial charge on any atom is 0.153 e. The highest BCUT2D eigenvalue weighted by molar-refractivity contribution is 6.31. The first-order valence-corrected chi connectivity index (χ1v) is 12.1. The van der Waals surface area contributed by atoms with E-state index in [1.165, 1.54) is 0 Å². The Morgan fingerprint density at radius 2 is 1.97 bits per heavy atom. The van der Waals surface area contributed by atoms with E-state index in [4.69, 9.17) is 16.7 Å². The van der Waals surface area contributed by atoms with Gasteiger partial charge in [0.1, 0.15) is 11.7 Å². The number of nitrogens with one attached hydrogen (secondary N) is 1. The van der Waals surface area contributed by atoms with Crippen LogP contribution in [0.5, 0.6) is 0 Å². The highest BCUT2D eigenvalue weighted by atomic mass is 35.5. The van der Waals surface area contributed by atoms with Gasteiger partial charge in [0.15, 0.2) is 5.82 Å². The van der Waals surface area contributed by atoms with Gasteiger partial charge in [-0.25, -0.2) is 4.99 Å². The number of hydrogen-bond donors (Lipinski definition) is 1. The second kappa shape index (κ2) is 10.5. The lowest BCUT2D eigenvalue weighted by atomic mass is 10.0. The molecule has 0 saturated carbocycles. The number of aromatic nitrogens is 2. The summed E-state index contributed by atoms with van der Waals surface area (Å²) in [5, 5.41) is 9.02. The lowest BCUT2D eigenvalue weighted by Gasteiger charge is -2.29. The van der Waals surface area contributed by atoms with Gasteiger partial charge in [0, 0.05) is 36.5 Å². The van der Waals surface area contributed by atoms with E-state index >= 15 is 0 Å². The maximum atomic E-state index is 6.51. The molecule has 0 bridgehead atoms. The summed E-state index contributed by atoms with van der Waals surface area (Å²) in [4.78, 5) is 13.4. The average Bonchev–Trinajstić information content (AvgIpc) is 3.44. The lowest BCUT2D eigenvalue weighted by Crippen LogP contribution is -2.32. The number of amidine groups is 1. The molecule has 33 heavy (non-hydrogen) atoms. The number of nitrogens with zero attached hydrogens (tertiary/aromatic N) is 6. The standard InChI is InChI=1S/C25H34ClN7/c1-18-16-24(30-33(18)19-11-14-31(4)15-12-19)29-23(27-2)17-25(28-3)32-13-7-10-22(32)20-8-5-6-9-21(20)26/h5-6,8-9,16-17,19,22H,3,7,10-15H2,1-2,4H3,(H,27,29,30)/b25-17+. The van der Waals surface area contributed by atoms with E-state index in [0.717, 1.165) is 73.2 Å². The van der Waals surface area contributed by atoms with Crippen LogP contribution in [-0.4, -0.2) is 65.9 Å². The topological polar surface area (TPSA) is 61.1 Å². The Hall–Kier alpha value is -2.64. The van der Waals surface area contributed by atoms with Crippen molar-refractivity contribution < 1.29 is 0 Å². The quantitative estimate of drug-likeness (QED) is 0.483. The van der Waals surface area contributed by atoms with E-state index in [1.807, 2.05) is 24.3 Å². The van der Waals surface area contributed by atoms with E-state index in [9.17, 15) is 0 Å². The van der Waals surface area contributed by atoms with Crippen molar-refractivity contribution >= 4 is 30.0 Å². The molecule has 2 saturated heterocycles. The number of hydrogen-bond acceptors (Lipinski definition) is 5. The van der Waals surface area contributed by atoms with E-state index < -0.39 is 0 Å². The van der Waals surface area contributed by atoms with Crippen LogP contribution in [0.15, 0.2) is 52.2 Å². The van der Waals surface area contributed by atoms with Gasteiger partial charge in [-0.05, 0) is 71.1 Å². The molecule has 1 aromatic heterocycles. The molecule has 1 unspecified atom stereocenters. The van der Waals surface area contributed by atoms with Gasteiger partial charge in [0.2, 0.25) is 0 Å². The Balaban J connectivity index is 1.51. The molecule has 7 nitrogen and oxygen atoms in total. The van der Waals surface area contributed by atoms with Gasteiger partial charge in [0.25, 0.3) is 0 Å². The van der Waals surface area contributed by atoms with Crippen LogP contribution >= 0.6 is 11.6 Å². The van der Waals surface area contributed by atoms with Crippen LogP contribution in [0.4, 0.5) is 5.82 Å². The van der Waals surface area contributed by atoms with E-state index in [-0.39, 0.29) is 6.04 Å². The van der Waals surface area contributed by atoms with Crippen molar-refractivity contribution in [1.82, 2.24) is 19.6 Å². The number of likely N-dealkylation sites (tertiary alicyclic amines) is 2. The summed E-state index contributed by atoms with van der Waals surface area (Å²) < 4.78 is 2.16. The van der Waals surface area contributed by atoms with E-state index in [1.54, 1.807) is 7.05 Å². The van der Waals surface area contributed by atoms with Crippen molar-refractivity contribution in [3.05, 3.63) is 58.5 Å². The fourth-order valence-electron chi connectivity index (χ4n) is 4.90. The molecule has 2 aliphatic heterocycles. The molecule has 0 amide bonds. The van der Waals surface area contributed by atoms with Gasteiger partial charge in [-0.15, -0.1) is 0 Å². The van der Waals surface area contributed by atoms with Gasteiger partial charge in [-0.3, -0.25) is 9.67 Å². The predicted molar refractivity (Wildman–Crippen MR) is 137 cm³/mol. The van der Waals surface area contributed by atoms with Crippen molar-refractivity contribution in [2.24, 2.45) is 9.98 Å². The third-order valence-electron chi connectivity index (χ3n) is 6.69. The number of anilines is 1. The zero-order valence-electron chi connectivity index (χ0n) is 19.8. The zero-order valence-corrected chi connectivity index (χ0v) is 20.6. The van der Waals surface area contributed by atoms with Crippen LogP contribution in [0.2, 0.25) is 5.02 Å². The Morgan fingerprint density at radius 1 is 1.21 bits per heavy atom. The summed E-state index contributed by atoms with van der Waals surface area (Å²) in [6.45, 7) is 9.07. The van der Waals surface area contributed by atoms with Crippen LogP contribution in [0, 0.1) is 6.92 Å².